The highest BCUT2D eigenvalue weighted by molar-refractivity contribution is 5.76. The van der Waals surface area contributed by atoms with E-state index in [-0.39, 0.29) is 5.91 Å². The first kappa shape index (κ1) is 12.1. The summed E-state index contributed by atoms with van der Waals surface area (Å²) < 4.78 is 1.97. The lowest BCUT2D eigenvalue weighted by Gasteiger charge is -2.32. The summed E-state index contributed by atoms with van der Waals surface area (Å²) in [5.41, 5.74) is 5.39. The third kappa shape index (κ3) is 3.30. The van der Waals surface area contributed by atoms with Crippen molar-refractivity contribution in [1.82, 2.24) is 14.7 Å². The minimum Gasteiger partial charge on any atom is -0.343 e. The van der Waals surface area contributed by atoms with Crippen LogP contribution in [0.1, 0.15) is 19.3 Å². The van der Waals surface area contributed by atoms with E-state index < -0.39 is 0 Å². The highest BCUT2D eigenvalue weighted by Crippen LogP contribution is 2.19. The van der Waals surface area contributed by atoms with Crippen molar-refractivity contribution in [3.05, 3.63) is 18.5 Å². The molecule has 0 unspecified atom stereocenters. The first-order valence-corrected chi connectivity index (χ1v) is 6.25. The molecule has 2 rings (SSSR count). The molecule has 0 saturated carbocycles. The van der Waals surface area contributed by atoms with Crippen molar-refractivity contribution >= 4 is 5.91 Å². The van der Waals surface area contributed by atoms with E-state index >= 15 is 0 Å². The van der Waals surface area contributed by atoms with Gasteiger partial charge >= 0.3 is 0 Å². The quantitative estimate of drug-likeness (QED) is 0.826. The molecule has 0 radical (unpaired) electrons. The van der Waals surface area contributed by atoms with Crippen molar-refractivity contribution in [1.29, 1.82) is 0 Å². The average Bonchev–Trinajstić information content (AvgIpc) is 2.83. The average molecular weight is 236 g/mol. The number of hydrogen-bond donors (Lipinski definition) is 1. The molecule has 1 aromatic heterocycles. The number of piperidine rings is 1. The highest BCUT2D eigenvalue weighted by Gasteiger charge is 2.22. The Labute approximate surface area is 102 Å². The Morgan fingerprint density at radius 2 is 2.18 bits per heavy atom. The van der Waals surface area contributed by atoms with E-state index in [1.165, 1.54) is 0 Å². The van der Waals surface area contributed by atoms with Crippen LogP contribution in [0, 0.1) is 5.92 Å². The molecule has 1 amide bonds. The van der Waals surface area contributed by atoms with Gasteiger partial charge in [0.2, 0.25) is 5.91 Å². The molecular formula is C12H20N4O. The van der Waals surface area contributed by atoms with Crippen LogP contribution in [-0.4, -0.2) is 40.2 Å². The fraction of sp³-hybridized carbons (Fsp3) is 0.667. The van der Waals surface area contributed by atoms with Gasteiger partial charge in [0.05, 0.1) is 0 Å². The van der Waals surface area contributed by atoms with Gasteiger partial charge in [-0.1, -0.05) is 0 Å². The van der Waals surface area contributed by atoms with Crippen molar-refractivity contribution in [3.63, 3.8) is 0 Å². The fourth-order valence-electron chi connectivity index (χ4n) is 2.32. The molecule has 0 aliphatic carbocycles. The Hall–Kier alpha value is -1.36. The van der Waals surface area contributed by atoms with Gasteiger partial charge in [0, 0.05) is 45.0 Å². The van der Waals surface area contributed by atoms with Crippen LogP contribution in [0.25, 0.3) is 0 Å². The second-order valence-electron chi connectivity index (χ2n) is 4.59. The second kappa shape index (κ2) is 5.82. The number of aromatic nitrogens is 2. The Morgan fingerprint density at radius 1 is 1.41 bits per heavy atom. The number of hydrogen-bond acceptors (Lipinski definition) is 3. The second-order valence-corrected chi connectivity index (χ2v) is 4.59. The van der Waals surface area contributed by atoms with E-state index in [9.17, 15) is 4.79 Å². The molecule has 0 bridgehead atoms. The predicted octanol–water partition coefficient (Wildman–Crippen LogP) is 0.470. The van der Waals surface area contributed by atoms with Gasteiger partial charge in [-0.15, -0.1) is 0 Å². The number of carbonyl (C=O) groups excluding carboxylic acids is 1. The largest absolute Gasteiger partial charge is 0.343 e. The number of nitrogens with zero attached hydrogens (tertiary/aromatic N) is 3. The van der Waals surface area contributed by atoms with Crippen LogP contribution in [0.5, 0.6) is 0 Å². The molecule has 5 nitrogen and oxygen atoms in total. The van der Waals surface area contributed by atoms with Gasteiger partial charge in [0.15, 0.2) is 0 Å². The summed E-state index contributed by atoms with van der Waals surface area (Å²) >= 11 is 0. The fourth-order valence-corrected chi connectivity index (χ4v) is 2.32. The van der Waals surface area contributed by atoms with Crippen LogP contribution in [0.2, 0.25) is 0 Å². The van der Waals surface area contributed by atoms with Crippen LogP contribution in [0.15, 0.2) is 18.5 Å². The maximum atomic E-state index is 11.7. The summed E-state index contributed by atoms with van der Waals surface area (Å²) in [6.45, 7) is 3.15. The van der Waals surface area contributed by atoms with E-state index in [1.54, 1.807) is 6.20 Å². The predicted molar refractivity (Wildman–Crippen MR) is 65.2 cm³/mol. The van der Waals surface area contributed by atoms with Crippen LogP contribution in [0.4, 0.5) is 0 Å². The van der Waals surface area contributed by atoms with Crippen LogP contribution in [-0.2, 0) is 11.3 Å². The number of carbonyl (C=O) groups is 1. The highest BCUT2D eigenvalue weighted by atomic mass is 16.2. The Kier molecular flexibility index (Phi) is 4.14. The molecule has 2 N–H and O–H groups in total. The molecule has 17 heavy (non-hydrogen) atoms. The minimum atomic E-state index is 0.199. The first-order chi connectivity index (χ1) is 8.29. The standard InChI is InChI=1S/C12H20N4O/c13-5-2-12(17)15-8-3-11(4-9-15)10-16-7-1-6-14-16/h1,6-7,11H,2-5,8-10,13H2. The zero-order valence-corrected chi connectivity index (χ0v) is 10.1. The summed E-state index contributed by atoms with van der Waals surface area (Å²) in [6.07, 6.45) is 6.40. The van der Waals surface area contributed by atoms with Gasteiger partial charge in [-0.2, -0.15) is 5.10 Å². The van der Waals surface area contributed by atoms with Crippen molar-refractivity contribution in [2.75, 3.05) is 19.6 Å². The topological polar surface area (TPSA) is 64.2 Å². The minimum absolute atomic E-state index is 0.199. The molecule has 2 heterocycles. The zero-order valence-electron chi connectivity index (χ0n) is 10.1. The Morgan fingerprint density at radius 3 is 2.76 bits per heavy atom. The molecule has 0 spiro atoms. The third-order valence-electron chi connectivity index (χ3n) is 3.33. The van der Waals surface area contributed by atoms with Crippen LogP contribution >= 0.6 is 0 Å². The van der Waals surface area contributed by atoms with Gasteiger partial charge in [0.25, 0.3) is 0 Å². The van der Waals surface area contributed by atoms with Gasteiger partial charge in [-0.05, 0) is 24.8 Å². The molecule has 0 aromatic carbocycles. The number of amides is 1. The number of likely N-dealkylation sites (tertiary alicyclic amines) is 1. The van der Waals surface area contributed by atoms with E-state index in [2.05, 4.69) is 5.10 Å². The summed E-state index contributed by atoms with van der Waals surface area (Å²) in [4.78, 5) is 13.6. The number of nitrogens with two attached hydrogens (primary N) is 1. The Balaban J connectivity index is 1.76. The molecule has 94 valence electrons. The van der Waals surface area contributed by atoms with E-state index in [1.807, 2.05) is 21.8 Å². The lowest BCUT2D eigenvalue weighted by atomic mass is 9.96. The maximum absolute atomic E-state index is 11.7. The van der Waals surface area contributed by atoms with Crippen LogP contribution in [0.3, 0.4) is 0 Å². The lowest BCUT2D eigenvalue weighted by molar-refractivity contribution is -0.132. The van der Waals surface area contributed by atoms with Crippen LogP contribution < -0.4 is 5.73 Å². The summed E-state index contributed by atoms with van der Waals surface area (Å²) in [5.74, 6) is 0.835. The van der Waals surface area contributed by atoms with Gasteiger partial charge in [-0.25, -0.2) is 0 Å². The SMILES string of the molecule is NCCC(=O)N1CCC(Cn2cccn2)CC1. The summed E-state index contributed by atoms with van der Waals surface area (Å²) in [6, 6.07) is 1.94. The van der Waals surface area contributed by atoms with E-state index in [4.69, 9.17) is 5.73 Å². The van der Waals surface area contributed by atoms with Crippen molar-refractivity contribution in [3.8, 4) is 0 Å². The number of rotatable bonds is 4. The molecule has 1 aliphatic heterocycles. The molecular weight excluding hydrogens is 216 g/mol. The lowest BCUT2D eigenvalue weighted by Crippen LogP contribution is -2.40. The summed E-state index contributed by atoms with van der Waals surface area (Å²) in [5, 5.41) is 4.21. The molecule has 5 heteroatoms. The van der Waals surface area contributed by atoms with Crippen molar-refractivity contribution in [2.45, 2.75) is 25.8 Å². The zero-order chi connectivity index (χ0) is 12.1. The van der Waals surface area contributed by atoms with Crippen molar-refractivity contribution < 1.29 is 4.79 Å². The monoisotopic (exact) mass is 236 g/mol. The van der Waals surface area contributed by atoms with Gasteiger partial charge < -0.3 is 10.6 Å². The molecule has 0 atom stereocenters. The molecule has 1 fully saturated rings. The molecule has 1 saturated heterocycles. The van der Waals surface area contributed by atoms with Crippen molar-refractivity contribution in [2.24, 2.45) is 11.7 Å². The Bertz CT molecular complexity index is 341. The van der Waals surface area contributed by atoms with Gasteiger partial charge in [-0.3, -0.25) is 9.48 Å². The molecule has 1 aliphatic rings. The van der Waals surface area contributed by atoms with E-state index in [0.717, 1.165) is 32.5 Å². The maximum Gasteiger partial charge on any atom is 0.223 e. The first-order valence-electron chi connectivity index (χ1n) is 6.25. The normalized spacial score (nSPS) is 17.4. The van der Waals surface area contributed by atoms with Gasteiger partial charge in [0.1, 0.15) is 0 Å². The summed E-state index contributed by atoms with van der Waals surface area (Å²) in [7, 11) is 0. The third-order valence-corrected chi connectivity index (χ3v) is 3.33. The smallest absolute Gasteiger partial charge is 0.223 e. The molecule has 1 aromatic rings. The van der Waals surface area contributed by atoms with E-state index in [0.29, 0.717) is 18.9 Å².